The summed E-state index contributed by atoms with van der Waals surface area (Å²) in [7, 11) is 0. The van der Waals surface area contributed by atoms with Crippen LogP contribution in [0.2, 0.25) is 0 Å². The Hall–Kier alpha value is -4.49. The number of nitrogens with zero attached hydrogens (tertiary/aromatic N) is 8. The van der Waals surface area contributed by atoms with Crippen LogP contribution in [0.1, 0.15) is 40.4 Å². The first kappa shape index (κ1) is 20.1. The third kappa shape index (κ3) is 3.14. The molecule has 34 heavy (non-hydrogen) atoms. The Bertz CT molecular complexity index is 1520. The molecule has 0 aromatic carbocycles. The van der Waals surface area contributed by atoms with Gasteiger partial charge >= 0.3 is 18.3 Å². The first-order valence-corrected chi connectivity index (χ1v) is 10.1. The van der Waals surface area contributed by atoms with Crippen molar-refractivity contribution < 1.29 is 22.4 Å². The number of fused-ring (bicyclic) bond motifs is 2. The van der Waals surface area contributed by atoms with Gasteiger partial charge in [-0.2, -0.15) is 19.0 Å². The molecule has 6 rings (SSSR count). The molecule has 1 aliphatic rings. The highest BCUT2D eigenvalue weighted by Crippen LogP contribution is 2.34. The van der Waals surface area contributed by atoms with Crippen molar-refractivity contribution in [3.63, 3.8) is 0 Å². The van der Waals surface area contributed by atoms with Gasteiger partial charge in [0, 0.05) is 31.1 Å². The van der Waals surface area contributed by atoms with Gasteiger partial charge in [-0.15, -0.1) is 10.2 Å². The normalized spacial score (nSPS) is 15.9. The van der Waals surface area contributed by atoms with Crippen LogP contribution in [0.15, 0.2) is 47.4 Å². The number of carbonyl (C=O) groups excluding carboxylic acids is 1. The standard InChI is InChI=1S/C20H14F3N9O2/c21-10-2-1-5-31-14(10)8-13(29-31)16-15-11(24-9-25-15)3-6-30(16)19(33)18-27-26-17(34-18)12-4-7-32(28-12)20(22)23/h1-2,4-5,7-9,16,20H,3,6H2,(H,24,25). The zero-order valence-electron chi connectivity index (χ0n) is 17.1. The van der Waals surface area contributed by atoms with Crippen molar-refractivity contribution in [2.24, 2.45) is 0 Å². The number of amides is 1. The largest absolute Gasteiger partial charge is 0.411 e. The lowest BCUT2D eigenvalue weighted by atomic mass is 9.99. The Labute approximate surface area is 187 Å². The number of hydrogen-bond acceptors (Lipinski definition) is 7. The van der Waals surface area contributed by atoms with Crippen LogP contribution < -0.4 is 0 Å². The number of hydrogen-bond donors (Lipinski definition) is 1. The van der Waals surface area contributed by atoms with Crippen molar-refractivity contribution in [2.75, 3.05) is 6.54 Å². The predicted octanol–water partition coefficient (Wildman–Crippen LogP) is 2.63. The van der Waals surface area contributed by atoms with Gasteiger partial charge in [0.2, 0.25) is 0 Å². The molecule has 5 aromatic heterocycles. The number of nitrogens with one attached hydrogen (secondary N) is 1. The molecule has 0 saturated carbocycles. The number of rotatable bonds is 4. The average Bonchev–Trinajstić information content (AvgIpc) is 3.62. The van der Waals surface area contributed by atoms with Crippen LogP contribution in [0.3, 0.4) is 0 Å². The number of alkyl halides is 2. The van der Waals surface area contributed by atoms with Crippen molar-refractivity contribution in [1.29, 1.82) is 0 Å². The summed E-state index contributed by atoms with van der Waals surface area (Å²) in [6.07, 6.45) is 4.67. The number of aromatic nitrogens is 8. The quantitative estimate of drug-likeness (QED) is 0.429. The van der Waals surface area contributed by atoms with Crippen LogP contribution in [0.4, 0.5) is 13.2 Å². The lowest BCUT2D eigenvalue weighted by Gasteiger charge is -2.32. The topological polar surface area (TPSA) is 123 Å². The average molecular weight is 469 g/mol. The van der Waals surface area contributed by atoms with E-state index in [2.05, 4.69) is 30.4 Å². The second kappa shape index (κ2) is 7.54. The van der Waals surface area contributed by atoms with E-state index in [0.29, 0.717) is 22.5 Å². The van der Waals surface area contributed by atoms with Gasteiger partial charge in [-0.05, 0) is 24.3 Å². The molecule has 0 radical (unpaired) electrons. The maximum absolute atomic E-state index is 14.3. The summed E-state index contributed by atoms with van der Waals surface area (Å²) in [6, 6.07) is 4.94. The molecule has 11 nitrogen and oxygen atoms in total. The molecule has 1 atom stereocenters. The van der Waals surface area contributed by atoms with Crippen molar-refractivity contribution >= 4 is 11.4 Å². The molecule has 6 heterocycles. The Morgan fingerprint density at radius 3 is 2.88 bits per heavy atom. The maximum Gasteiger partial charge on any atom is 0.333 e. The fourth-order valence-corrected chi connectivity index (χ4v) is 4.03. The van der Waals surface area contributed by atoms with Crippen LogP contribution in [-0.2, 0) is 6.42 Å². The molecule has 1 amide bonds. The van der Waals surface area contributed by atoms with E-state index in [4.69, 9.17) is 4.42 Å². The van der Waals surface area contributed by atoms with E-state index < -0.39 is 24.3 Å². The summed E-state index contributed by atoms with van der Waals surface area (Å²) in [6.45, 7) is -2.56. The number of H-pyrrole nitrogens is 1. The maximum atomic E-state index is 14.3. The molecule has 0 fully saturated rings. The van der Waals surface area contributed by atoms with Gasteiger partial charge in [-0.1, -0.05) is 0 Å². The third-order valence-corrected chi connectivity index (χ3v) is 5.57. The molecule has 172 valence electrons. The summed E-state index contributed by atoms with van der Waals surface area (Å²) < 4.78 is 47.2. The smallest absolute Gasteiger partial charge is 0.333 e. The number of carbonyl (C=O) groups is 1. The van der Waals surface area contributed by atoms with Gasteiger partial charge in [-0.3, -0.25) is 4.79 Å². The highest BCUT2D eigenvalue weighted by molar-refractivity contribution is 5.90. The molecule has 5 aromatic rings. The molecule has 0 bridgehead atoms. The summed E-state index contributed by atoms with van der Waals surface area (Å²) in [4.78, 5) is 22.3. The number of imidazole rings is 1. The Balaban J connectivity index is 1.37. The second-order valence-electron chi connectivity index (χ2n) is 7.54. The van der Waals surface area contributed by atoms with Gasteiger partial charge < -0.3 is 14.3 Å². The monoisotopic (exact) mass is 469 g/mol. The molecule has 14 heteroatoms. The summed E-state index contributed by atoms with van der Waals surface area (Å²) in [5.74, 6) is -1.59. The van der Waals surface area contributed by atoms with Crippen molar-refractivity contribution in [2.45, 2.75) is 19.0 Å². The highest BCUT2D eigenvalue weighted by Gasteiger charge is 2.38. The molecular weight excluding hydrogens is 455 g/mol. The Morgan fingerprint density at radius 1 is 1.21 bits per heavy atom. The van der Waals surface area contributed by atoms with E-state index in [1.165, 1.54) is 33.9 Å². The van der Waals surface area contributed by atoms with Gasteiger partial charge in [0.1, 0.15) is 23.1 Å². The SMILES string of the molecule is O=C(c1nnc(-c2ccn(C(F)F)n2)o1)N1CCc2[nH]cnc2C1c1cc2c(F)cccn2n1. The van der Waals surface area contributed by atoms with Gasteiger partial charge in [0.25, 0.3) is 5.89 Å². The zero-order valence-corrected chi connectivity index (χ0v) is 17.1. The molecule has 0 spiro atoms. The minimum Gasteiger partial charge on any atom is -0.411 e. The molecular formula is C20H14F3N9O2. The van der Waals surface area contributed by atoms with Crippen LogP contribution in [0.5, 0.6) is 0 Å². The predicted molar refractivity (Wildman–Crippen MR) is 107 cm³/mol. The lowest BCUT2D eigenvalue weighted by Crippen LogP contribution is -2.41. The van der Waals surface area contributed by atoms with E-state index in [9.17, 15) is 18.0 Å². The molecule has 0 aliphatic carbocycles. The summed E-state index contributed by atoms with van der Waals surface area (Å²) in [5, 5.41) is 15.7. The number of aromatic amines is 1. The van der Waals surface area contributed by atoms with Crippen molar-refractivity contribution in [1.82, 2.24) is 44.5 Å². The third-order valence-electron chi connectivity index (χ3n) is 5.57. The summed E-state index contributed by atoms with van der Waals surface area (Å²) >= 11 is 0. The van der Waals surface area contributed by atoms with Gasteiger partial charge in [-0.25, -0.2) is 18.6 Å². The van der Waals surface area contributed by atoms with Crippen molar-refractivity contribution in [3.8, 4) is 11.6 Å². The molecule has 1 aliphatic heterocycles. The van der Waals surface area contributed by atoms with E-state index in [-0.39, 0.29) is 29.5 Å². The van der Waals surface area contributed by atoms with Crippen LogP contribution >= 0.6 is 0 Å². The van der Waals surface area contributed by atoms with Crippen LogP contribution in [-0.4, -0.2) is 56.9 Å². The van der Waals surface area contributed by atoms with E-state index in [1.54, 1.807) is 12.3 Å². The first-order chi connectivity index (χ1) is 16.5. The van der Waals surface area contributed by atoms with E-state index in [1.807, 2.05) is 0 Å². The first-order valence-electron chi connectivity index (χ1n) is 10.1. The lowest BCUT2D eigenvalue weighted by molar-refractivity contribution is 0.0566. The number of halogens is 3. The molecule has 1 unspecified atom stereocenters. The van der Waals surface area contributed by atoms with Crippen molar-refractivity contribution in [3.05, 3.63) is 71.8 Å². The van der Waals surface area contributed by atoms with Crippen LogP contribution in [0, 0.1) is 5.82 Å². The Kier molecular flexibility index (Phi) is 4.46. The minimum absolute atomic E-state index is 0.00691. The van der Waals surface area contributed by atoms with E-state index in [0.717, 1.165) is 11.9 Å². The summed E-state index contributed by atoms with van der Waals surface area (Å²) in [5.41, 5.74) is 2.06. The fourth-order valence-electron chi connectivity index (χ4n) is 4.03. The molecule has 0 saturated heterocycles. The minimum atomic E-state index is -2.83. The second-order valence-corrected chi connectivity index (χ2v) is 7.54. The van der Waals surface area contributed by atoms with Crippen LogP contribution in [0.25, 0.3) is 17.1 Å². The van der Waals surface area contributed by atoms with E-state index >= 15 is 0 Å². The zero-order chi connectivity index (χ0) is 23.4. The Morgan fingerprint density at radius 2 is 2.09 bits per heavy atom. The van der Waals surface area contributed by atoms with Gasteiger partial charge in [0.15, 0.2) is 0 Å². The highest BCUT2D eigenvalue weighted by atomic mass is 19.3. The molecule has 1 N–H and O–H groups in total. The fraction of sp³-hybridized carbons (Fsp3) is 0.200. The number of pyridine rings is 1. The van der Waals surface area contributed by atoms with Gasteiger partial charge in [0.05, 0.1) is 17.7 Å².